The minimum absolute atomic E-state index is 0.0523. The molecule has 1 aromatic heterocycles. The number of hydrogen-bond acceptors (Lipinski definition) is 2. The molecule has 4 heteroatoms. The lowest BCUT2D eigenvalue weighted by molar-refractivity contribution is -0.129. The number of carbonyl (C=O) groups excluding carboxylic acids is 1. The van der Waals surface area contributed by atoms with Gasteiger partial charge in [-0.3, -0.25) is 4.79 Å². The van der Waals surface area contributed by atoms with Gasteiger partial charge in [0.25, 0.3) is 0 Å². The van der Waals surface area contributed by atoms with Crippen LogP contribution in [-0.4, -0.2) is 22.2 Å². The van der Waals surface area contributed by atoms with Gasteiger partial charge in [-0.25, -0.2) is 0 Å². The second-order valence-electron chi connectivity index (χ2n) is 4.49. The van der Waals surface area contributed by atoms with Crippen LogP contribution in [0.1, 0.15) is 35.7 Å². The van der Waals surface area contributed by atoms with Gasteiger partial charge in [0.2, 0.25) is 5.91 Å². The van der Waals surface area contributed by atoms with Gasteiger partial charge in [0.05, 0.1) is 10.9 Å². The molecule has 0 bridgehead atoms. The molecule has 86 valence electrons. The largest absolute Gasteiger partial charge is 0.335 e. The van der Waals surface area contributed by atoms with Crippen molar-refractivity contribution in [1.82, 2.24) is 4.90 Å². The smallest absolute Gasteiger partial charge is 0.236 e. The highest BCUT2D eigenvalue weighted by atomic mass is 79.9. The lowest BCUT2D eigenvalue weighted by atomic mass is 9.93. The summed E-state index contributed by atoms with van der Waals surface area (Å²) in [5.74, 6) is 0.282. The van der Waals surface area contributed by atoms with Crippen LogP contribution in [0.25, 0.3) is 0 Å². The van der Waals surface area contributed by atoms with Gasteiger partial charge in [-0.05, 0) is 42.7 Å². The van der Waals surface area contributed by atoms with Gasteiger partial charge >= 0.3 is 0 Å². The number of carbonyl (C=O) groups is 1. The van der Waals surface area contributed by atoms with E-state index < -0.39 is 0 Å². The van der Waals surface area contributed by atoms with Crippen LogP contribution in [0.5, 0.6) is 0 Å². The van der Waals surface area contributed by atoms with Gasteiger partial charge in [0.1, 0.15) is 0 Å². The van der Waals surface area contributed by atoms with E-state index >= 15 is 0 Å². The highest BCUT2D eigenvalue weighted by Gasteiger charge is 2.36. The van der Waals surface area contributed by atoms with Gasteiger partial charge in [-0.2, -0.15) is 0 Å². The van der Waals surface area contributed by atoms with Gasteiger partial charge in [-0.1, -0.05) is 15.9 Å². The molecule has 1 aliphatic heterocycles. The molecular weight excluding hydrogens is 286 g/mol. The fraction of sp³-hybridized carbons (Fsp3) is 0.583. The first-order chi connectivity index (χ1) is 7.77. The number of thiophene rings is 1. The van der Waals surface area contributed by atoms with Gasteiger partial charge in [-0.15, -0.1) is 11.3 Å². The van der Waals surface area contributed by atoms with Crippen molar-refractivity contribution in [2.24, 2.45) is 0 Å². The lowest BCUT2D eigenvalue weighted by Crippen LogP contribution is -2.33. The summed E-state index contributed by atoms with van der Waals surface area (Å²) in [5, 5.41) is 2.16. The second kappa shape index (κ2) is 4.15. The fourth-order valence-corrected chi connectivity index (χ4v) is 4.21. The molecule has 2 heterocycles. The Bertz CT molecular complexity index is 417. The number of aryl methyl sites for hydroxylation is 1. The number of alkyl halides is 1. The van der Waals surface area contributed by atoms with Crippen LogP contribution in [-0.2, 0) is 11.2 Å². The number of nitrogens with zero attached hydrogens (tertiary/aromatic N) is 1. The molecule has 2 aliphatic rings. The summed E-state index contributed by atoms with van der Waals surface area (Å²) in [7, 11) is 0. The minimum atomic E-state index is 0.0523. The summed E-state index contributed by atoms with van der Waals surface area (Å²) < 4.78 is 0. The molecule has 3 rings (SSSR count). The van der Waals surface area contributed by atoms with Crippen LogP contribution >= 0.6 is 27.3 Å². The number of rotatable bonds is 1. The van der Waals surface area contributed by atoms with E-state index in [-0.39, 0.29) is 10.7 Å². The number of likely N-dealkylation sites (tertiary alicyclic amines) is 1. The Labute approximate surface area is 108 Å². The van der Waals surface area contributed by atoms with E-state index in [0.717, 1.165) is 19.4 Å². The normalized spacial score (nSPS) is 29.6. The predicted octanol–water partition coefficient (Wildman–Crippen LogP) is 3.12. The molecule has 0 radical (unpaired) electrons. The second-order valence-corrected chi connectivity index (χ2v) is 6.60. The molecule has 2 atom stereocenters. The van der Waals surface area contributed by atoms with E-state index in [9.17, 15) is 4.79 Å². The molecular formula is C12H14BrNOS. The van der Waals surface area contributed by atoms with Gasteiger partial charge in [0.15, 0.2) is 0 Å². The first-order valence-corrected chi connectivity index (χ1v) is 7.57. The summed E-state index contributed by atoms with van der Waals surface area (Å²) in [5.41, 5.74) is 1.41. The van der Waals surface area contributed by atoms with Crippen molar-refractivity contribution in [3.63, 3.8) is 0 Å². The van der Waals surface area contributed by atoms with Gasteiger partial charge in [0, 0.05) is 11.4 Å². The van der Waals surface area contributed by atoms with E-state index in [1.165, 1.54) is 23.3 Å². The third-order valence-corrected chi connectivity index (χ3v) is 5.42. The fourth-order valence-electron chi connectivity index (χ4n) is 2.76. The summed E-state index contributed by atoms with van der Waals surface area (Å²) >= 11 is 5.29. The van der Waals surface area contributed by atoms with Crippen LogP contribution in [0, 0.1) is 0 Å². The van der Waals surface area contributed by atoms with Crippen molar-refractivity contribution in [1.29, 1.82) is 0 Å². The van der Waals surface area contributed by atoms with Crippen molar-refractivity contribution in [2.45, 2.75) is 36.6 Å². The molecule has 1 aromatic rings. The quantitative estimate of drug-likeness (QED) is 0.730. The first kappa shape index (κ1) is 10.8. The van der Waals surface area contributed by atoms with Crippen molar-refractivity contribution in [3.8, 4) is 0 Å². The zero-order valence-electron chi connectivity index (χ0n) is 8.99. The van der Waals surface area contributed by atoms with Crippen LogP contribution in [0.4, 0.5) is 0 Å². The van der Waals surface area contributed by atoms with Crippen LogP contribution < -0.4 is 0 Å². The zero-order valence-corrected chi connectivity index (χ0v) is 11.4. The Morgan fingerprint density at radius 2 is 2.31 bits per heavy atom. The van der Waals surface area contributed by atoms with Crippen molar-refractivity contribution < 1.29 is 4.79 Å². The number of halogens is 1. The standard InChI is InChI=1S/C12H14BrNOS/c13-9-4-6-14(12(9)15)10-2-1-3-11-8(10)5-7-16-11/h5,7,9-10H,1-4,6H2. The zero-order chi connectivity index (χ0) is 11.1. The average Bonchev–Trinajstić information content (AvgIpc) is 2.87. The third-order valence-electron chi connectivity index (χ3n) is 3.57. The topological polar surface area (TPSA) is 20.3 Å². The molecule has 1 saturated heterocycles. The van der Waals surface area contributed by atoms with Crippen LogP contribution in [0.15, 0.2) is 11.4 Å². The van der Waals surface area contributed by atoms with E-state index in [1.807, 2.05) is 11.3 Å². The van der Waals surface area contributed by atoms with Crippen LogP contribution in [0.2, 0.25) is 0 Å². The summed E-state index contributed by atoms with van der Waals surface area (Å²) in [6, 6.07) is 2.56. The molecule has 16 heavy (non-hydrogen) atoms. The summed E-state index contributed by atoms with van der Waals surface area (Å²) in [4.78, 5) is 15.6. The third kappa shape index (κ3) is 1.63. The molecule has 0 aromatic carbocycles. The number of amides is 1. The highest BCUT2D eigenvalue weighted by Crippen LogP contribution is 2.39. The molecule has 1 fully saturated rings. The van der Waals surface area contributed by atoms with E-state index in [1.54, 1.807) is 0 Å². The highest BCUT2D eigenvalue weighted by molar-refractivity contribution is 9.10. The molecule has 2 unspecified atom stereocenters. The average molecular weight is 300 g/mol. The minimum Gasteiger partial charge on any atom is -0.335 e. The van der Waals surface area contributed by atoms with E-state index in [0.29, 0.717) is 6.04 Å². The lowest BCUT2D eigenvalue weighted by Gasteiger charge is -2.31. The maximum absolute atomic E-state index is 12.0. The van der Waals surface area contributed by atoms with Crippen molar-refractivity contribution in [2.75, 3.05) is 6.54 Å². The molecule has 0 spiro atoms. The van der Waals surface area contributed by atoms with Crippen molar-refractivity contribution >= 4 is 33.2 Å². The molecule has 2 nitrogen and oxygen atoms in total. The maximum atomic E-state index is 12.0. The Hall–Kier alpha value is -0.350. The Morgan fingerprint density at radius 1 is 1.44 bits per heavy atom. The van der Waals surface area contributed by atoms with Crippen molar-refractivity contribution in [3.05, 3.63) is 21.9 Å². The predicted molar refractivity (Wildman–Crippen MR) is 69.0 cm³/mol. The molecule has 0 saturated carbocycles. The van der Waals surface area contributed by atoms with Gasteiger partial charge < -0.3 is 4.90 Å². The number of hydrogen-bond donors (Lipinski definition) is 0. The Kier molecular flexibility index (Phi) is 2.80. The number of fused-ring (bicyclic) bond motifs is 1. The molecule has 1 aliphatic carbocycles. The van der Waals surface area contributed by atoms with E-state index in [4.69, 9.17) is 0 Å². The summed E-state index contributed by atoms with van der Waals surface area (Å²) in [6.45, 7) is 0.911. The Morgan fingerprint density at radius 3 is 3.06 bits per heavy atom. The summed E-state index contributed by atoms with van der Waals surface area (Å²) in [6.07, 6.45) is 4.50. The van der Waals surface area contributed by atoms with Crippen LogP contribution in [0.3, 0.4) is 0 Å². The maximum Gasteiger partial charge on any atom is 0.236 e. The first-order valence-electron chi connectivity index (χ1n) is 5.78. The Balaban J connectivity index is 1.90. The molecule has 0 N–H and O–H groups in total. The molecule has 1 amide bonds. The SMILES string of the molecule is O=C1C(Br)CCN1C1CCCc2sccc21. The van der Waals surface area contributed by atoms with E-state index in [2.05, 4.69) is 32.3 Å². The monoisotopic (exact) mass is 299 g/mol.